The van der Waals surface area contributed by atoms with Gasteiger partial charge in [0.25, 0.3) is 5.91 Å². The lowest BCUT2D eigenvalue weighted by Gasteiger charge is -2.26. The highest BCUT2D eigenvalue weighted by molar-refractivity contribution is 7.98. The zero-order valence-electron chi connectivity index (χ0n) is 16.0. The molecule has 1 atom stereocenters. The second-order valence-corrected chi connectivity index (χ2v) is 9.13. The number of aromatic nitrogens is 1. The maximum absolute atomic E-state index is 12.4. The predicted octanol–water partition coefficient (Wildman–Crippen LogP) is 4.26. The van der Waals surface area contributed by atoms with E-state index in [2.05, 4.69) is 22.6 Å². The lowest BCUT2D eigenvalue weighted by molar-refractivity contribution is -0.153. The molecule has 146 valence electrons. The highest BCUT2D eigenvalue weighted by Gasteiger charge is 2.32. The minimum atomic E-state index is -0.515. The van der Waals surface area contributed by atoms with Crippen LogP contribution in [-0.4, -0.2) is 36.4 Å². The molecule has 27 heavy (non-hydrogen) atoms. The van der Waals surface area contributed by atoms with Crippen LogP contribution in [0.3, 0.4) is 0 Å². The SMILES string of the molecule is Cc1nc(CSc2ccc(C(=O)NCC(C)CC3(C)OCCO3)cc2)cs1. The lowest BCUT2D eigenvalue weighted by Crippen LogP contribution is -2.34. The van der Waals surface area contributed by atoms with E-state index in [1.54, 1.807) is 23.1 Å². The van der Waals surface area contributed by atoms with E-state index in [4.69, 9.17) is 9.47 Å². The number of carbonyl (C=O) groups excluding carboxylic acids is 1. The summed E-state index contributed by atoms with van der Waals surface area (Å²) in [5.41, 5.74) is 1.78. The van der Waals surface area contributed by atoms with Gasteiger partial charge in [-0.05, 0) is 44.0 Å². The van der Waals surface area contributed by atoms with Gasteiger partial charge < -0.3 is 14.8 Å². The molecule has 0 bridgehead atoms. The van der Waals surface area contributed by atoms with Crippen molar-refractivity contribution in [1.82, 2.24) is 10.3 Å². The fraction of sp³-hybridized carbons (Fsp3) is 0.500. The quantitative estimate of drug-likeness (QED) is 0.664. The molecule has 1 aliphatic heterocycles. The Bertz CT molecular complexity index is 755. The molecule has 5 nitrogen and oxygen atoms in total. The van der Waals surface area contributed by atoms with E-state index >= 15 is 0 Å². The Morgan fingerprint density at radius 3 is 2.67 bits per heavy atom. The van der Waals surface area contributed by atoms with Crippen molar-refractivity contribution >= 4 is 29.0 Å². The van der Waals surface area contributed by atoms with E-state index in [0.29, 0.717) is 25.3 Å². The molecule has 1 unspecified atom stereocenters. The second kappa shape index (κ2) is 9.19. The van der Waals surface area contributed by atoms with Crippen LogP contribution in [0.2, 0.25) is 0 Å². The van der Waals surface area contributed by atoms with Crippen LogP contribution in [0.4, 0.5) is 0 Å². The molecule has 7 heteroatoms. The van der Waals surface area contributed by atoms with Crippen molar-refractivity contribution < 1.29 is 14.3 Å². The van der Waals surface area contributed by atoms with E-state index in [1.165, 1.54) is 0 Å². The van der Waals surface area contributed by atoms with Crippen molar-refractivity contribution in [3.8, 4) is 0 Å². The van der Waals surface area contributed by atoms with E-state index in [9.17, 15) is 4.79 Å². The number of hydrogen-bond donors (Lipinski definition) is 1. The Balaban J connectivity index is 1.44. The molecule has 1 aliphatic rings. The largest absolute Gasteiger partial charge is 0.352 e. The Morgan fingerprint density at radius 2 is 2.04 bits per heavy atom. The van der Waals surface area contributed by atoms with Gasteiger partial charge in [0.05, 0.1) is 23.9 Å². The molecule has 2 aromatic rings. The number of hydrogen-bond acceptors (Lipinski definition) is 6. The lowest BCUT2D eigenvalue weighted by atomic mass is 10.0. The molecule has 0 spiro atoms. The summed E-state index contributed by atoms with van der Waals surface area (Å²) in [5, 5.41) is 6.18. The standard InChI is InChI=1S/C20H26N2O3S2/c1-14(10-20(3)24-8-9-25-20)11-21-19(23)16-4-6-18(7-5-16)27-13-17-12-26-15(2)22-17/h4-7,12,14H,8-11,13H2,1-3H3,(H,21,23). The number of aryl methyl sites for hydroxylation is 1. The maximum atomic E-state index is 12.4. The summed E-state index contributed by atoms with van der Waals surface area (Å²) in [5.74, 6) is 0.551. The molecule has 3 rings (SSSR count). The zero-order chi connectivity index (χ0) is 19.3. The summed E-state index contributed by atoms with van der Waals surface area (Å²) in [6.07, 6.45) is 0.763. The smallest absolute Gasteiger partial charge is 0.251 e. The van der Waals surface area contributed by atoms with Crippen LogP contribution in [0.1, 0.15) is 41.3 Å². The van der Waals surface area contributed by atoms with Gasteiger partial charge in [0.2, 0.25) is 0 Å². The van der Waals surface area contributed by atoms with E-state index in [-0.39, 0.29) is 11.8 Å². The molecular weight excluding hydrogens is 380 g/mol. The summed E-state index contributed by atoms with van der Waals surface area (Å²) < 4.78 is 11.3. The normalized spacial score (nSPS) is 17.0. The molecule has 2 heterocycles. The Kier molecular flexibility index (Phi) is 6.92. The molecule has 1 saturated heterocycles. The van der Waals surface area contributed by atoms with Crippen LogP contribution in [-0.2, 0) is 15.2 Å². The Labute approximate surface area is 168 Å². The molecule has 1 aromatic heterocycles. The van der Waals surface area contributed by atoms with Crippen molar-refractivity contribution in [2.24, 2.45) is 5.92 Å². The maximum Gasteiger partial charge on any atom is 0.251 e. The zero-order valence-corrected chi connectivity index (χ0v) is 17.6. The minimum absolute atomic E-state index is 0.0491. The first kappa shape index (κ1) is 20.3. The highest BCUT2D eigenvalue weighted by atomic mass is 32.2. The molecule has 1 aromatic carbocycles. The monoisotopic (exact) mass is 406 g/mol. The van der Waals surface area contributed by atoms with Gasteiger partial charge in [-0.3, -0.25) is 4.79 Å². The summed E-state index contributed by atoms with van der Waals surface area (Å²) in [6.45, 7) is 7.95. The number of thiazole rings is 1. The van der Waals surface area contributed by atoms with E-state index < -0.39 is 5.79 Å². The van der Waals surface area contributed by atoms with Gasteiger partial charge in [-0.15, -0.1) is 23.1 Å². The average Bonchev–Trinajstić information content (AvgIpc) is 3.26. The fourth-order valence-corrected chi connectivity index (χ4v) is 4.59. The van der Waals surface area contributed by atoms with Gasteiger partial charge >= 0.3 is 0 Å². The molecular formula is C20H26N2O3S2. The number of rotatable bonds is 8. The van der Waals surface area contributed by atoms with Gasteiger partial charge in [-0.1, -0.05) is 6.92 Å². The summed E-state index contributed by atoms with van der Waals surface area (Å²) in [4.78, 5) is 18.0. The third-order valence-corrected chi connectivity index (χ3v) is 6.27. The van der Waals surface area contributed by atoms with Gasteiger partial charge in [0.1, 0.15) is 0 Å². The number of benzene rings is 1. The van der Waals surface area contributed by atoms with E-state index in [0.717, 1.165) is 27.8 Å². The Hall–Kier alpha value is -1.41. The van der Waals surface area contributed by atoms with Crippen molar-refractivity contribution in [1.29, 1.82) is 0 Å². The number of nitrogens with one attached hydrogen (secondary N) is 1. The topological polar surface area (TPSA) is 60.5 Å². The van der Waals surface area contributed by atoms with Crippen molar-refractivity contribution in [3.05, 3.63) is 45.9 Å². The molecule has 1 amide bonds. The first-order valence-corrected chi connectivity index (χ1v) is 11.0. The average molecular weight is 407 g/mol. The highest BCUT2D eigenvalue weighted by Crippen LogP contribution is 2.26. The first-order valence-electron chi connectivity index (χ1n) is 9.13. The molecule has 0 aliphatic carbocycles. The van der Waals surface area contributed by atoms with E-state index in [1.807, 2.05) is 38.1 Å². The van der Waals surface area contributed by atoms with Gasteiger partial charge in [0, 0.05) is 34.6 Å². The third-order valence-electron chi connectivity index (χ3n) is 4.40. The van der Waals surface area contributed by atoms with Crippen LogP contribution in [0.15, 0.2) is 34.5 Å². The van der Waals surface area contributed by atoms with Crippen molar-refractivity contribution in [2.75, 3.05) is 19.8 Å². The van der Waals surface area contributed by atoms with Crippen LogP contribution in [0.5, 0.6) is 0 Å². The van der Waals surface area contributed by atoms with Crippen LogP contribution < -0.4 is 5.32 Å². The molecule has 1 N–H and O–H groups in total. The second-order valence-electron chi connectivity index (χ2n) is 7.02. The summed E-state index contributed by atoms with van der Waals surface area (Å²) in [7, 11) is 0. The first-order chi connectivity index (χ1) is 12.9. The van der Waals surface area contributed by atoms with Crippen LogP contribution in [0, 0.1) is 12.8 Å². The van der Waals surface area contributed by atoms with Crippen molar-refractivity contribution in [2.45, 2.75) is 43.6 Å². The fourth-order valence-electron chi connectivity index (χ4n) is 3.08. The van der Waals surface area contributed by atoms with Crippen LogP contribution in [0.25, 0.3) is 0 Å². The van der Waals surface area contributed by atoms with Gasteiger partial charge in [-0.25, -0.2) is 4.98 Å². The summed E-state index contributed by atoms with van der Waals surface area (Å²) in [6, 6.07) is 7.73. The van der Waals surface area contributed by atoms with Gasteiger partial charge in [0.15, 0.2) is 5.79 Å². The Morgan fingerprint density at radius 1 is 1.33 bits per heavy atom. The van der Waals surface area contributed by atoms with Crippen LogP contribution >= 0.6 is 23.1 Å². The number of amides is 1. The number of nitrogens with zero attached hydrogens (tertiary/aromatic N) is 1. The van der Waals surface area contributed by atoms with Gasteiger partial charge in [-0.2, -0.15) is 0 Å². The molecule has 0 radical (unpaired) electrons. The number of carbonyl (C=O) groups is 1. The predicted molar refractivity (Wildman–Crippen MR) is 109 cm³/mol. The minimum Gasteiger partial charge on any atom is -0.352 e. The van der Waals surface area contributed by atoms with Crippen molar-refractivity contribution in [3.63, 3.8) is 0 Å². The summed E-state index contributed by atoms with van der Waals surface area (Å²) >= 11 is 3.40. The number of ether oxygens (including phenoxy) is 2. The molecule has 0 saturated carbocycles. The number of thioether (sulfide) groups is 1. The third kappa shape index (κ3) is 6.04. The molecule has 1 fully saturated rings.